The minimum Gasteiger partial charge on any atom is -0.464 e. The van der Waals surface area contributed by atoms with E-state index in [-0.39, 0.29) is 12.0 Å². The first-order chi connectivity index (χ1) is 8.58. The van der Waals surface area contributed by atoms with E-state index in [1.54, 1.807) is 0 Å². The van der Waals surface area contributed by atoms with Crippen LogP contribution >= 0.6 is 11.8 Å². The number of rotatable bonds is 7. The number of hydrogen-bond donors (Lipinski definition) is 1. The maximum Gasteiger partial charge on any atom is 0.323 e. The van der Waals surface area contributed by atoms with E-state index in [0.29, 0.717) is 18.6 Å². The molecule has 0 spiro atoms. The SMILES string of the molecule is CCOc1nc(N)nc(N(C)C(C)CCSC)n1. The van der Waals surface area contributed by atoms with E-state index in [9.17, 15) is 0 Å². The molecule has 2 N–H and O–H groups in total. The van der Waals surface area contributed by atoms with Crippen LogP contribution in [0.15, 0.2) is 0 Å². The minimum atomic E-state index is 0.187. The molecule has 6 nitrogen and oxygen atoms in total. The summed E-state index contributed by atoms with van der Waals surface area (Å²) in [6.07, 6.45) is 3.16. The van der Waals surface area contributed by atoms with Crippen molar-refractivity contribution in [1.82, 2.24) is 15.0 Å². The van der Waals surface area contributed by atoms with Gasteiger partial charge in [0.05, 0.1) is 6.61 Å². The summed E-state index contributed by atoms with van der Waals surface area (Å²) in [5, 5.41) is 0. The average Bonchev–Trinajstić information content (AvgIpc) is 2.34. The third-order valence-electron chi connectivity index (χ3n) is 2.61. The van der Waals surface area contributed by atoms with Gasteiger partial charge in [-0.15, -0.1) is 0 Å². The highest BCUT2D eigenvalue weighted by molar-refractivity contribution is 7.98. The van der Waals surface area contributed by atoms with E-state index < -0.39 is 0 Å². The van der Waals surface area contributed by atoms with Crippen molar-refractivity contribution in [1.29, 1.82) is 0 Å². The van der Waals surface area contributed by atoms with Crippen LogP contribution < -0.4 is 15.4 Å². The molecule has 1 heterocycles. The molecule has 1 rings (SSSR count). The zero-order valence-electron chi connectivity index (χ0n) is 11.4. The summed E-state index contributed by atoms with van der Waals surface area (Å²) in [5.41, 5.74) is 5.65. The molecule has 0 aliphatic heterocycles. The maximum atomic E-state index is 5.65. The Balaban J connectivity index is 2.80. The van der Waals surface area contributed by atoms with Gasteiger partial charge < -0.3 is 15.4 Å². The van der Waals surface area contributed by atoms with Gasteiger partial charge in [-0.2, -0.15) is 26.7 Å². The van der Waals surface area contributed by atoms with E-state index in [1.165, 1.54) is 0 Å². The molecular weight excluding hydrogens is 250 g/mol. The van der Waals surface area contributed by atoms with Crippen molar-refractivity contribution in [2.45, 2.75) is 26.3 Å². The molecule has 0 saturated heterocycles. The third kappa shape index (κ3) is 4.21. The first-order valence-electron chi connectivity index (χ1n) is 5.94. The summed E-state index contributed by atoms with van der Waals surface area (Å²) in [6, 6.07) is 0.623. The first kappa shape index (κ1) is 14.8. The summed E-state index contributed by atoms with van der Waals surface area (Å²) in [6.45, 7) is 4.52. The quantitative estimate of drug-likeness (QED) is 0.803. The van der Waals surface area contributed by atoms with Crippen LogP contribution in [0.1, 0.15) is 20.3 Å². The molecule has 7 heteroatoms. The molecule has 1 aromatic heterocycles. The molecule has 18 heavy (non-hydrogen) atoms. The lowest BCUT2D eigenvalue weighted by Crippen LogP contribution is -2.31. The predicted octanol–water partition coefficient (Wildman–Crippen LogP) is 1.43. The Bertz CT molecular complexity index is 376. The Morgan fingerprint density at radius 2 is 2.11 bits per heavy atom. The second kappa shape index (κ2) is 7.25. The molecular formula is C11H21N5OS. The minimum absolute atomic E-state index is 0.187. The van der Waals surface area contributed by atoms with Crippen molar-refractivity contribution >= 4 is 23.7 Å². The Labute approximate surface area is 112 Å². The van der Waals surface area contributed by atoms with Crippen LogP contribution in [0.3, 0.4) is 0 Å². The average molecular weight is 271 g/mol. The topological polar surface area (TPSA) is 77.2 Å². The van der Waals surface area contributed by atoms with Crippen molar-refractivity contribution in [2.24, 2.45) is 0 Å². The van der Waals surface area contributed by atoms with Gasteiger partial charge in [-0.05, 0) is 32.3 Å². The number of nitrogen functional groups attached to an aromatic ring is 1. The second-order valence-electron chi connectivity index (χ2n) is 3.95. The van der Waals surface area contributed by atoms with Gasteiger partial charge in [-0.1, -0.05) is 0 Å². The third-order valence-corrected chi connectivity index (χ3v) is 3.25. The fraction of sp³-hybridized carbons (Fsp3) is 0.727. The fourth-order valence-corrected chi connectivity index (χ4v) is 1.97. The summed E-state index contributed by atoms with van der Waals surface area (Å²) in [7, 11) is 1.95. The number of nitrogens with zero attached hydrogens (tertiary/aromatic N) is 4. The molecule has 0 bridgehead atoms. The van der Waals surface area contributed by atoms with Crippen molar-refractivity contribution in [3.8, 4) is 6.01 Å². The van der Waals surface area contributed by atoms with Crippen LogP contribution in [0.5, 0.6) is 6.01 Å². The number of hydrogen-bond acceptors (Lipinski definition) is 7. The zero-order chi connectivity index (χ0) is 13.5. The lowest BCUT2D eigenvalue weighted by Gasteiger charge is -2.24. The second-order valence-corrected chi connectivity index (χ2v) is 4.94. The molecule has 1 aromatic rings. The van der Waals surface area contributed by atoms with Gasteiger partial charge in [0, 0.05) is 13.1 Å². The largest absolute Gasteiger partial charge is 0.464 e. The maximum absolute atomic E-state index is 5.65. The van der Waals surface area contributed by atoms with Crippen LogP contribution in [-0.2, 0) is 0 Å². The molecule has 0 amide bonds. The van der Waals surface area contributed by atoms with Crippen LogP contribution in [0.4, 0.5) is 11.9 Å². The smallest absolute Gasteiger partial charge is 0.323 e. The number of ether oxygens (including phenoxy) is 1. The molecule has 1 unspecified atom stereocenters. The van der Waals surface area contributed by atoms with Gasteiger partial charge in [0.25, 0.3) is 0 Å². The molecule has 0 radical (unpaired) electrons. The van der Waals surface area contributed by atoms with Crippen molar-refractivity contribution < 1.29 is 4.74 Å². The van der Waals surface area contributed by atoms with Crippen LogP contribution in [-0.4, -0.2) is 46.7 Å². The van der Waals surface area contributed by atoms with E-state index in [4.69, 9.17) is 10.5 Å². The number of nitrogens with two attached hydrogens (primary N) is 1. The van der Waals surface area contributed by atoms with Crippen LogP contribution in [0.2, 0.25) is 0 Å². The van der Waals surface area contributed by atoms with Gasteiger partial charge in [-0.25, -0.2) is 0 Å². The summed E-state index contributed by atoms with van der Waals surface area (Å²) >= 11 is 1.83. The lowest BCUT2D eigenvalue weighted by molar-refractivity contribution is 0.312. The molecule has 0 saturated carbocycles. The van der Waals surface area contributed by atoms with E-state index in [2.05, 4.69) is 28.1 Å². The fourth-order valence-electron chi connectivity index (χ4n) is 1.39. The first-order valence-corrected chi connectivity index (χ1v) is 7.34. The van der Waals surface area contributed by atoms with Gasteiger partial charge >= 0.3 is 6.01 Å². The van der Waals surface area contributed by atoms with Crippen LogP contribution in [0, 0.1) is 0 Å². The lowest BCUT2D eigenvalue weighted by atomic mass is 10.2. The molecule has 0 aromatic carbocycles. The Kier molecular flexibility index (Phi) is 5.97. The van der Waals surface area contributed by atoms with E-state index in [1.807, 2.05) is 30.6 Å². The Hall–Kier alpha value is -1.24. The standard InChI is InChI=1S/C11H21N5OS/c1-5-17-11-14-9(12)13-10(15-11)16(3)8(2)6-7-18-4/h8H,5-7H2,1-4H3,(H2,12,13,14,15). The number of anilines is 2. The van der Waals surface area contributed by atoms with Crippen LogP contribution in [0.25, 0.3) is 0 Å². The van der Waals surface area contributed by atoms with Gasteiger partial charge in [0.15, 0.2) is 0 Å². The van der Waals surface area contributed by atoms with E-state index >= 15 is 0 Å². The highest BCUT2D eigenvalue weighted by Gasteiger charge is 2.14. The van der Waals surface area contributed by atoms with Gasteiger partial charge in [0.2, 0.25) is 11.9 Å². The Morgan fingerprint density at radius 3 is 2.72 bits per heavy atom. The van der Waals surface area contributed by atoms with Crippen molar-refractivity contribution in [2.75, 3.05) is 36.3 Å². The van der Waals surface area contributed by atoms with Gasteiger partial charge in [0.1, 0.15) is 0 Å². The molecule has 1 atom stereocenters. The highest BCUT2D eigenvalue weighted by Crippen LogP contribution is 2.16. The zero-order valence-corrected chi connectivity index (χ0v) is 12.2. The summed E-state index contributed by atoms with van der Waals surface area (Å²) in [5.74, 6) is 1.84. The molecule has 0 aliphatic carbocycles. The monoisotopic (exact) mass is 271 g/mol. The molecule has 0 fully saturated rings. The number of thioether (sulfide) groups is 1. The molecule has 102 valence electrons. The summed E-state index contributed by atoms with van der Waals surface area (Å²) < 4.78 is 5.27. The molecule has 0 aliphatic rings. The highest BCUT2D eigenvalue weighted by atomic mass is 32.2. The summed E-state index contributed by atoms with van der Waals surface area (Å²) in [4.78, 5) is 14.3. The Morgan fingerprint density at radius 1 is 1.39 bits per heavy atom. The van der Waals surface area contributed by atoms with Crippen molar-refractivity contribution in [3.63, 3.8) is 0 Å². The predicted molar refractivity (Wildman–Crippen MR) is 76.3 cm³/mol. The van der Waals surface area contributed by atoms with Gasteiger partial charge in [-0.3, -0.25) is 0 Å². The van der Waals surface area contributed by atoms with Crippen molar-refractivity contribution in [3.05, 3.63) is 0 Å². The normalized spacial score (nSPS) is 12.2. The number of aromatic nitrogens is 3. The van der Waals surface area contributed by atoms with E-state index in [0.717, 1.165) is 12.2 Å².